The zero-order chi connectivity index (χ0) is 7.28. The van der Waals surface area contributed by atoms with E-state index in [1.165, 1.54) is 18.9 Å². The first kappa shape index (κ1) is 8.66. The number of Topliss-reactive ketones (excluding diaryl/α,β-unsaturated/α-hetero) is 1. The minimum absolute atomic E-state index is 0.153. The molecule has 1 atom stereocenters. The van der Waals surface area contributed by atoms with Crippen molar-refractivity contribution in [1.82, 2.24) is 0 Å². The van der Waals surface area contributed by atoms with Gasteiger partial charge >= 0.3 is 62.5 Å². The van der Waals surface area contributed by atoms with Crippen molar-refractivity contribution in [2.24, 2.45) is 0 Å². The van der Waals surface area contributed by atoms with Crippen LogP contribution >= 0.6 is 0 Å². The van der Waals surface area contributed by atoms with E-state index in [2.05, 4.69) is 0 Å². The number of carbonyl (C=O) groups is 3. The van der Waals surface area contributed by atoms with Crippen molar-refractivity contribution >= 4 is 18.4 Å². The molecule has 9 heavy (non-hydrogen) atoms. The summed E-state index contributed by atoms with van der Waals surface area (Å²) in [5.41, 5.74) is 0. The maximum absolute atomic E-state index is 10.5. The zero-order valence-electron chi connectivity index (χ0n) is 4.50. The van der Waals surface area contributed by atoms with Crippen LogP contribution in [0.4, 0.5) is 0 Å². The van der Waals surface area contributed by atoms with Crippen molar-refractivity contribution in [3.05, 3.63) is 0 Å². The Kier molecular flexibility index (Phi) is 4.36. The van der Waals surface area contributed by atoms with E-state index >= 15 is 0 Å². The van der Waals surface area contributed by atoms with Gasteiger partial charge in [-0.05, 0) is 0 Å². The fraction of sp³-hybridized carbons (Fsp3) is 0.400. The van der Waals surface area contributed by atoms with E-state index in [0.717, 1.165) is 0 Å². The standard InChI is InChI=1S/C5H5O3.Ir/c6-3-1-5(8)2-4-7;/h1,3-4H,2H2;. The van der Waals surface area contributed by atoms with Gasteiger partial charge in [-0.2, -0.15) is 0 Å². The third-order valence-electron chi connectivity index (χ3n) is 0.691. The van der Waals surface area contributed by atoms with Crippen LogP contribution in [-0.4, -0.2) is 18.4 Å². The Hall–Kier alpha value is -0.341. The Bertz CT molecular complexity index is 132. The molecule has 0 fully saturated rings. The van der Waals surface area contributed by atoms with Gasteiger partial charge in [-0.15, -0.1) is 0 Å². The molecule has 0 spiro atoms. The normalized spacial score (nSPS) is 12.2. The van der Waals surface area contributed by atoms with Crippen molar-refractivity contribution in [2.45, 2.75) is 10.9 Å². The predicted octanol–water partition coefficient (Wildman–Crippen LogP) is -0.321. The van der Waals surface area contributed by atoms with Crippen LogP contribution in [0.25, 0.3) is 0 Å². The van der Waals surface area contributed by atoms with Gasteiger partial charge in [0.25, 0.3) is 0 Å². The van der Waals surface area contributed by atoms with E-state index in [1.54, 1.807) is 0 Å². The van der Waals surface area contributed by atoms with E-state index in [0.29, 0.717) is 12.6 Å². The zero-order valence-corrected chi connectivity index (χ0v) is 6.89. The predicted molar refractivity (Wildman–Crippen MR) is 25.5 cm³/mol. The van der Waals surface area contributed by atoms with Gasteiger partial charge in [-0.1, -0.05) is 0 Å². The van der Waals surface area contributed by atoms with Crippen LogP contribution < -0.4 is 0 Å². The fourth-order valence-electron chi connectivity index (χ4n) is 0.265. The van der Waals surface area contributed by atoms with Gasteiger partial charge < -0.3 is 0 Å². The van der Waals surface area contributed by atoms with E-state index in [1.807, 2.05) is 0 Å². The molecule has 0 amide bonds. The summed E-state index contributed by atoms with van der Waals surface area (Å²) >= 11 is 1.47. The average molecular weight is 305 g/mol. The molecular weight excluding hydrogens is 300 g/mol. The molecule has 0 radical (unpaired) electrons. The fourth-order valence-corrected chi connectivity index (χ4v) is 0.548. The molecule has 1 unspecified atom stereocenters. The number of ketones is 1. The summed E-state index contributed by atoms with van der Waals surface area (Å²) < 4.78 is -0.629. The molecule has 0 N–H and O–H groups in total. The number of hydrogen-bond acceptors (Lipinski definition) is 3. The summed E-state index contributed by atoms with van der Waals surface area (Å²) in [6.45, 7) is 0. The van der Waals surface area contributed by atoms with Crippen molar-refractivity contribution in [3.63, 3.8) is 0 Å². The van der Waals surface area contributed by atoms with Gasteiger partial charge in [-0.25, -0.2) is 0 Å². The third-order valence-corrected chi connectivity index (χ3v) is 1.79. The molecule has 0 aliphatic rings. The third kappa shape index (κ3) is 3.27. The molecular formula is C5H5IrO3. The Morgan fingerprint density at radius 3 is 2.44 bits per heavy atom. The summed E-state index contributed by atoms with van der Waals surface area (Å²) in [5.74, 6) is -0.319. The molecule has 0 aromatic carbocycles. The summed E-state index contributed by atoms with van der Waals surface area (Å²) in [6.07, 6.45) is 0.883. The summed E-state index contributed by atoms with van der Waals surface area (Å²) in [5, 5.41) is 0. The van der Waals surface area contributed by atoms with Gasteiger partial charge in [0.05, 0.1) is 0 Å². The van der Waals surface area contributed by atoms with E-state index in [4.69, 9.17) is 0 Å². The van der Waals surface area contributed by atoms with Crippen molar-refractivity contribution in [1.29, 1.82) is 0 Å². The minimum atomic E-state index is -0.629. The topological polar surface area (TPSA) is 51.2 Å². The van der Waals surface area contributed by atoms with Crippen molar-refractivity contribution in [3.8, 4) is 0 Å². The number of carbonyl (C=O) groups excluding carboxylic acids is 3. The first-order chi connectivity index (χ1) is 4.22. The molecule has 0 aromatic rings. The van der Waals surface area contributed by atoms with Gasteiger partial charge in [-0.3, -0.25) is 0 Å². The quantitative estimate of drug-likeness (QED) is 0.528. The van der Waals surface area contributed by atoms with Crippen molar-refractivity contribution in [2.75, 3.05) is 0 Å². The van der Waals surface area contributed by atoms with E-state index < -0.39 is 4.43 Å². The second-order valence-corrected chi connectivity index (χ2v) is 2.84. The molecule has 0 bridgehead atoms. The molecule has 3 nitrogen and oxygen atoms in total. The second-order valence-electron chi connectivity index (χ2n) is 1.35. The Labute approximate surface area is 63.0 Å². The summed E-state index contributed by atoms with van der Waals surface area (Å²) in [6, 6.07) is 0. The van der Waals surface area contributed by atoms with Crippen LogP contribution in [0.1, 0.15) is 6.42 Å². The maximum atomic E-state index is 10.5. The van der Waals surface area contributed by atoms with Crippen LogP contribution in [0.15, 0.2) is 0 Å². The number of hydrogen-bond donors (Lipinski definition) is 0. The molecule has 0 saturated carbocycles. The molecule has 0 heterocycles. The van der Waals surface area contributed by atoms with Crippen LogP contribution in [0.5, 0.6) is 0 Å². The molecule has 0 saturated heterocycles. The average Bonchev–Trinajstić information content (AvgIpc) is 1.87. The molecule has 0 aliphatic carbocycles. The summed E-state index contributed by atoms with van der Waals surface area (Å²) in [7, 11) is 0. The molecule has 52 valence electrons. The monoisotopic (exact) mass is 306 g/mol. The first-order valence-electron chi connectivity index (χ1n) is 2.25. The van der Waals surface area contributed by atoms with E-state index in [9.17, 15) is 14.4 Å². The Balaban J connectivity index is 3.71. The van der Waals surface area contributed by atoms with Crippen LogP contribution in [-0.2, 0) is 33.3 Å². The molecule has 0 aliphatic heterocycles. The Morgan fingerprint density at radius 2 is 2.11 bits per heavy atom. The first-order valence-corrected chi connectivity index (χ1v) is 3.63. The van der Waals surface area contributed by atoms with Crippen molar-refractivity contribution < 1.29 is 33.3 Å². The van der Waals surface area contributed by atoms with Crippen LogP contribution in [0.2, 0.25) is 4.43 Å². The molecule has 0 aromatic heterocycles. The van der Waals surface area contributed by atoms with Gasteiger partial charge in [0.15, 0.2) is 0 Å². The van der Waals surface area contributed by atoms with Crippen LogP contribution in [0.3, 0.4) is 0 Å². The van der Waals surface area contributed by atoms with E-state index in [-0.39, 0.29) is 12.2 Å². The SMILES string of the molecule is O=CCC(=O)[CH]([Ir])C=O. The second kappa shape index (κ2) is 4.53. The van der Waals surface area contributed by atoms with Gasteiger partial charge in [0.2, 0.25) is 0 Å². The molecule has 0 rings (SSSR count). The number of rotatable bonds is 4. The van der Waals surface area contributed by atoms with Gasteiger partial charge in [0.1, 0.15) is 0 Å². The van der Waals surface area contributed by atoms with Gasteiger partial charge in [0, 0.05) is 0 Å². The summed E-state index contributed by atoms with van der Waals surface area (Å²) in [4.78, 5) is 30.1. The number of aldehydes is 2. The Morgan fingerprint density at radius 1 is 1.56 bits per heavy atom. The van der Waals surface area contributed by atoms with Crippen LogP contribution in [0, 0.1) is 0 Å². The molecule has 4 heteroatoms.